The van der Waals surface area contributed by atoms with Gasteiger partial charge in [-0.2, -0.15) is 11.8 Å². The quantitative estimate of drug-likeness (QED) is 0.621. The zero-order valence-electron chi connectivity index (χ0n) is 13.5. The lowest BCUT2D eigenvalue weighted by Crippen LogP contribution is -2.39. The molecule has 1 aliphatic rings. The van der Waals surface area contributed by atoms with Gasteiger partial charge < -0.3 is 20.1 Å². The van der Waals surface area contributed by atoms with Gasteiger partial charge in [0.2, 0.25) is 0 Å². The molecule has 1 fully saturated rings. The Morgan fingerprint density at radius 3 is 2.73 bits per heavy atom. The molecule has 0 radical (unpaired) electrons. The van der Waals surface area contributed by atoms with Gasteiger partial charge in [-0.1, -0.05) is 6.07 Å². The van der Waals surface area contributed by atoms with Crippen molar-refractivity contribution >= 4 is 17.7 Å². The van der Waals surface area contributed by atoms with E-state index in [1.165, 1.54) is 18.6 Å². The summed E-state index contributed by atoms with van der Waals surface area (Å²) in [6.07, 6.45) is 2.62. The van der Waals surface area contributed by atoms with Gasteiger partial charge in [-0.25, -0.2) is 0 Å². The van der Waals surface area contributed by atoms with E-state index < -0.39 is 0 Å². The Labute approximate surface area is 136 Å². The van der Waals surface area contributed by atoms with Gasteiger partial charge in [-0.3, -0.25) is 4.99 Å². The number of thioether (sulfide) groups is 1. The summed E-state index contributed by atoms with van der Waals surface area (Å²) in [5.74, 6) is 3.60. The van der Waals surface area contributed by atoms with Crippen LogP contribution < -0.4 is 20.1 Å². The number of ether oxygens (including phenoxy) is 2. The molecule has 5 nitrogen and oxygen atoms in total. The molecular weight excluding hydrogens is 298 g/mol. The van der Waals surface area contributed by atoms with Crippen LogP contribution in [-0.4, -0.2) is 44.8 Å². The Kier molecular flexibility index (Phi) is 6.71. The van der Waals surface area contributed by atoms with Crippen LogP contribution in [0.25, 0.3) is 0 Å². The van der Waals surface area contributed by atoms with E-state index in [0.717, 1.165) is 29.6 Å². The Balaban J connectivity index is 1.84. The Morgan fingerprint density at radius 1 is 1.27 bits per heavy atom. The molecule has 1 aromatic carbocycles. The van der Waals surface area contributed by atoms with Gasteiger partial charge in [0.25, 0.3) is 0 Å². The molecule has 22 heavy (non-hydrogen) atoms. The Morgan fingerprint density at radius 2 is 2.09 bits per heavy atom. The van der Waals surface area contributed by atoms with E-state index in [2.05, 4.69) is 15.6 Å². The van der Waals surface area contributed by atoms with Crippen molar-refractivity contribution in [1.29, 1.82) is 0 Å². The monoisotopic (exact) mass is 323 g/mol. The van der Waals surface area contributed by atoms with Crippen LogP contribution >= 0.6 is 11.8 Å². The zero-order valence-corrected chi connectivity index (χ0v) is 14.3. The van der Waals surface area contributed by atoms with E-state index in [-0.39, 0.29) is 0 Å². The highest BCUT2D eigenvalue weighted by Gasteiger charge is 2.15. The first-order valence-electron chi connectivity index (χ1n) is 7.54. The summed E-state index contributed by atoms with van der Waals surface area (Å²) in [6, 6.07) is 5.92. The van der Waals surface area contributed by atoms with Crippen LogP contribution in [0.1, 0.15) is 18.4 Å². The van der Waals surface area contributed by atoms with Crippen LogP contribution in [0.15, 0.2) is 23.2 Å². The molecule has 1 aliphatic heterocycles. The zero-order chi connectivity index (χ0) is 15.8. The lowest BCUT2D eigenvalue weighted by molar-refractivity contribution is 0.354. The van der Waals surface area contributed by atoms with Crippen molar-refractivity contribution in [3.8, 4) is 11.5 Å². The summed E-state index contributed by atoms with van der Waals surface area (Å²) in [6.45, 7) is 1.66. The summed E-state index contributed by atoms with van der Waals surface area (Å²) in [5.41, 5.74) is 1.12. The van der Waals surface area contributed by atoms with Gasteiger partial charge in [-0.05, 0) is 36.3 Å². The van der Waals surface area contributed by atoms with E-state index in [4.69, 9.17) is 9.47 Å². The second-order valence-corrected chi connectivity index (χ2v) is 6.54. The number of aliphatic imine (C=N–C) groups is 1. The van der Waals surface area contributed by atoms with Crippen LogP contribution in [0.3, 0.4) is 0 Å². The van der Waals surface area contributed by atoms with Crippen molar-refractivity contribution in [3.05, 3.63) is 23.8 Å². The number of rotatable bonds is 6. The maximum Gasteiger partial charge on any atom is 0.191 e. The van der Waals surface area contributed by atoms with Gasteiger partial charge in [0.05, 0.1) is 14.2 Å². The van der Waals surface area contributed by atoms with Crippen LogP contribution in [0.5, 0.6) is 11.5 Å². The largest absolute Gasteiger partial charge is 0.493 e. The third-order valence-electron chi connectivity index (χ3n) is 3.65. The normalized spacial score (nSPS) is 18.1. The van der Waals surface area contributed by atoms with E-state index in [9.17, 15) is 0 Å². The summed E-state index contributed by atoms with van der Waals surface area (Å²) in [7, 11) is 5.09. The van der Waals surface area contributed by atoms with Crippen LogP contribution in [-0.2, 0) is 6.54 Å². The molecule has 0 amide bonds. The molecule has 1 aromatic rings. The fourth-order valence-electron chi connectivity index (χ4n) is 2.41. The minimum atomic E-state index is 0.692. The summed E-state index contributed by atoms with van der Waals surface area (Å²) in [5, 5.41) is 7.43. The van der Waals surface area contributed by atoms with E-state index in [1.54, 1.807) is 21.3 Å². The number of nitrogens with one attached hydrogen (secondary N) is 2. The molecule has 0 aliphatic carbocycles. The SMILES string of the molecule is CN=C(NCc1ccc(OC)c(OC)c1)NCC1CCCS1. The predicted molar refractivity (Wildman–Crippen MR) is 93.2 cm³/mol. The van der Waals surface area contributed by atoms with Gasteiger partial charge in [0.1, 0.15) is 0 Å². The van der Waals surface area contributed by atoms with Gasteiger partial charge >= 0.3 is 0 Å². The fraction of sp³-hybridized carbons (Fsp3) is 0.562. The average molecular weight is 323 g/mol. The molecule has 1 saturated heterocycles. The highest BCUT2D eigenvalue weighted by Crippen LogP contribution is 2.27. The molecule has 0 saturated carbocycles. The van der Waals surface area contributed by atoms with Crippen molar-refractivity contribution in [1.82, 2.24) is 10.6 Å². The topological polar surface area (TPSA) is 54.9 Å². The maximum atomic E-state index is 5.32. The Bertz CT molecular complexity index is 502. The lowest BCUT2D eigenvalue weighted by atomic mass is 10.2. The van der Waals surface area contributed by atoms with Crippen LogP contribution in [0, 0.1) is 0 Å². The number of guanidine groups is 1. The second-order valence-electron chi connectivity index (χ2n) is 5.13. The molecule has 1 atom stereocenters. The number of hydrogen-bond acceptors (Lipinski definition) is 4. The molecule has 0 spiro atoms. The molecule has 0 bridgehead atoms. The molecule has 1 heterocycles. The van der Waals surface area contributed by atoms with Gasteiger partial charge in [0.15, 0.2) is 17.5 Å². The molecular formula is C16H25N3O2S. The maximum absolute atomic E-state index is 5.32. The van der Waals surface area contributed by atoms with E-state index in [1.807, 2.05) is 30.0 Å². The molecule has 0 aromatic heterocycles. The summed E-state index contributed by atoms with van der Waals surface area (Å²) in [4.78, 5) is 4.27. The standard InChI is InChI=1S/C16H25N3O2S/c1-17-16(19-11-13-5-4-8-22-13)18-10-12-6-7-14(20-2)15(9-12)21-3/h6-7,9,13H,4-5,8,10-11H2,1-3H3,(H2,17,18,19). The highest BCUT2D eigenvalue weighted by molar-refractivity contribution is 8.00. The molecule has 6 heteroatoms. The van der Waals surface area contributed by atoms with E-state index in [0.29, 0.717) is 11.8 Å². The molecule has 2 rings (SSSR count). The molecule has 2 N–H and O–H groups in total. The lowest BCUT2D eigenvalue weighted by Gasteiger charge is -2.15. The summed E-state index contributed by atoms with van der Waals surface area (Å²) >= 11 is 2.04. The number of benzene rings is 1. The van der Waals surface area contributed by atoms with Crippen molar-refractivity contribution in [2.24, 2.45) is 4.99 Å². The van der Waals surface area contributed by atoms with Crippen molar-refractivity contribution in [2.75, 3.05) is 33.6 Å². The van der Waals surface area contributed by atoms with Gasteiger partial charge in [0, 0.05) is 25.4 Å². The van der Waals surface area contributed by atoms with Crippen molar-refractivity contribution in [3.63, 3.8) is 0 Å². The third-order valence-corrected chi connectivity index (χ3v) is 5.05. The summed E-state index contributed by atoms with van der Waals surface area (Å²) < 4.78 is 10.6. The van der Waals surface area contributed by atoms with Crippen LogP contribution in [0.4, 0.5) is 0 Å². The molecule has 1 unspecified atom stereocenters. The number of methoxy groups -OCH3 is 2. The third kappa shape index (κ3) is 4.73. The van der Waals surface area contributed by atoms with E-state index >= 15 is 0 Å². The number of nitrogens with zero attached hydrogens (tertiary/aromatic N) is 1. The van der Waals surface area contributed by atoms with Crippen molar-refractivity contribution in [2.45, 2.75) is 24.6 Å². The van der Waals surface area contributed by atoms with Crippen molar-refractivity contribution < 1.29 is 9.47 Å². The smallest absolute Gasteiger partial charge is 0.191 e. The molecule has 122 valence electrons. The minimum Gasteiger partial charge on any atom is -0.493 e. The van der Waals surface area contributed by atoms with Gasteiger partial charge in [-0.15, -0.1) is 0 Å². The number of hydrogen-bond donors (Lipinski definition) is 2. The first-order valence-corrected chi connectivity index (χ1v) is 8.58. The fourth-order valence-corrected chi connectivity index (χ4v) is 3.61. The average Bonchev–Trinajstić information content (AvgIpc) is 3.08. The Hall–Kier alpha value is -1.56. The predicted octanol–water partition coefficient (Wildman–Crippen LogP) is 2.26. The first-order chi connectivity index (χ1) is 10.8. The first kappa shape index (κ1) is 16.8. The minimum absolute atomic E-state index is 0.692. The second kappa shape index (κ2) is 8.78. The van der Waals surface area contributed by atoms with Crippen LogP contribution in [0.2, 0.25) is 0 Å². The highest BCUT2D eigenvalue weighted by atomic mass is 32.2.